The smallest absolute Gasteiger partial charge is 0.335 e. The van der Waals surface area contributed by atoms with Gasteiger partial charge in [-0.2, -0.15) is 0 Å². The van der Waals surface area contributed by atoms with Crippen LogP contribution in [0.4, 0.5) is 5.82 Å². The van der Waals surface area contributed by atoms with E-state index in [4.69, 9.17) is 5.11 Å². The Bertz CT molecular complexity index is 656. The fraction of sp³-hybridized carbons (Fsp3) is 0.357. The number of aromatic carboxylic acids is 1. The average molecular weight is 309 g/mol. The third-order valence-electron chi connectivity index (χ3n) is 3.67. The fourth-order valence-corrected chi connectivity index (χ4v) is 2.45. The number of halogens is 1. The molecule has 1 fully saturated rings. The first kappa shape index (κ1) is 15.5. The van der Waals surface area contributed by atoms with Crippen molar-refractivity contribution in [3.63, 3.8) is 0 Å². The number of hydrogen-bond acceptors (Lipinski definition) is 5. The number of carbonyl (C=O) groups is 1. The van der Waals surface area contributed by atoms with Crippen molar-refractivity contribution in [3.05, 3.63) is 30.1 Å². The molecule has 0 aliphatic carbocycles. The van der Waals surface area contributed by atoms with Crippen LogP contribution in [0.1, 0.15) is 10.4 Å². The van der Waals surface area contributed by atoms with Crippen molar-refractivity contribution in [2.45, 2.75) is 0 Å². The van der Waals surface area contributed by atoms with Crippen LogP contribution in [0.25, 0.3) is 10.9 Å². The van der Waals surface area contributed by atoms with Crippen LogP contribution in [0.15, 0.2) is 24.5 Å². The van der Waals surface area contributed by atoms with E-state index in [0.717, 1.165) is 37.4 Å². The molecule has 0 bridgehead atoms. The number of nitrogens with zero attached hydrogens (tertiary/aromatic N) is 4. The van der Waals surface area contributed by atoms with Gasteiger partial charge in [-0.1, -0.05) is 0 Å². The number of hydrogen-bond donors (Lipinski definition) is 1. The highest BCUT2D eigenvalue weighted by molar-refractivity contribution is 5.96. The first-order chi connectivity index (χ1) is 9.65. The van der Waals surface area contributed by atoms with Crippen molar-refractivity contribution < 1.29 is 9.90 Å². The minimum Gasteiger partial charge on any atom is -0.478 e. The maximum atomic E-state index is 11.0. The molecular weight excluding hydrogens is 292 g/mol. The zero-order chi connectivity index (χ0) is 14.1. The number of carboxylic acids is 1. The Balaban J connectivity index is 0.00000161. The van der Waals surface area contributed by atoms with Crippen molar-refractivity contribution in [1.29, 1.82) is 0 Å². The van der Waals surface area contributed by atoms with E-state index in [-0.39, 0.29) is 18.0 Å². The van der Waals surface area contributed by atoms with Gasteiger partial charge in [0, 0.05) is 31.6 Å². The molecule has 1 aliphatic rings. The van der Waals surface area contributed by atoms with Crippen LogP contribution in [-0.2, 0) is 0 Å². The minimum absolute atomic E-state index is 0. The van der Waals surface area contributed by atoms with Crippen LogP contribution in [0, 0.1) is 0 Å². The molecular formula is C14H17ClN4O2. The van der Waals surface area contributed by atoms with E-state index in [1.54, 1.807) is 18.2 Å². The average Bonchev–Trinajstić information content (AvgIpc) is 2.47. The molecule has 21 heavy (non-hydrogen) atoms. The van der Waals surface area contributed by atoms with Gasteiger partial charge >= 0.3 is 5.97 Å². The van der Waals surface area contributed by atoms with Gasteiger partial charge in [0.05, 0.1) is 11.1 Å². The van der Waals surface area contributed by atoms with Gasteiger partial charge in [0.15, 0.2) is 0 Å². The molecule has 1 aromatic heterocycles. The lowest BCUT2D eigenvalue weighted by atomic mass is 10.1. The number of piperazine rings is 1. The zero-order valence-corrected chi connectivity index (χ0v) is 12.5. The van der Waals surface area contributed by atoms with Crippen molar-refractivity contribution in [2.24, 2.45) is 0 Å². The number of carboxylic acid groups (broad SMARTS) is 1. The zero-order valence-electron chi connectivity index (χ0n) is 11.7. The van der Waals surface area contributed by atoms with Gasteiger partial charge in [-0.25, -0.2) is 14.8 Å². The molecule has 1 N–H and O–H groups in total. The lowest BCUT2D eigenvalue weighted by Gasteiger charge is -2.33. The predicted molar refractivity (Wildman–Crippen MR) is 83.5 cm³/mol. The Kier molecular flexibility index (Phi) is 4.59. The molecule has 1 saturated heterocycles. The van der Waals surface area contributed by atoms with E-state index in [1.807, 2.05) is 0 Å². The molecule has 0 saturated carbocycles. The third kappa shape index (κ3) is 3.06. The topological polar surface area (TPSA) is 69.6 Å². The van der Waals surface area contributed by atoms with Crippen LogP contribution >= 0.6 is 12.4 Å². The number of fused-ring (bicyclic) bond motifs is 1. The summed E-state index contributed by atoms with van der Waals surface area (Å²) in [6, 6.07) is 5.00. The second kappa shape index (κ2) is 6.24. The van der Waals surface area contributed by atoms with Gasteiger partial charge in [-0.3, -0.25) is 0 Å². The number of likely N-dealkylation sites (N-methyl/N-ethyl adjacent to an activating group) is 1. The lowest BCUT2D eigenvalue weighted by molar-refractivity contribution is 0.0697. The van der Waals surface area contributed by atoms with Crippen molar-refractivity contribution in [3.8, 4) is 0 Å². The molecule has 7 heteroatoms. The number of anilines is 1. The number of aromatic nitrogens is 2. The Labute approximate surface area is 128 Å². The molecule has 1 aromatic carbocycles. The summed E-state index contributed by atoms with van der Waals surface area (Å²) >= 11 is 0. The van der Waals surface area contributed by atoms with Gasteiger partial charge in [-0.05, 0) is 25.2 Å². The largest absolute Gasteiger partial charge is 0.478 e. The van der Waals surface area contributed by atoms with Crippen LogP contribution in [-0.4, -0.2) is 59.2 Å². The van der Waals surface area contributed by atoms with E-state index < -0.39 is 5.97 Å². The highest BCUT2D eigenvalue weighted by Crippen LogP contribution is 2.24. The van der Waals surface area contributed by atoms with E-state index in [0.29, 0.717) is 5.52 Å². The molecule has 112 valence electrons. The third-order valence-corrected chi connectivity index (χ3v) is 3.67. The normalized spacial score (nSPS) is 15.8. The predicted octanol–water partition coefficient (Wildman–Crippen LogP) is 1.50. The first-order valence-corrected chi connectivity index (χ1v) is 6.57. The van der Waals surface area contributed by atoms with E-state index >= 15 is 0 Å². The summed E-state index contributed by atoms with van der Waals surface area (Å²) in [5.41, 5.74) is 0.925. The number of rotatable bonds is 2. The maximum Gasteiger partial charge on any atom is 0.335 e. The molecule has 2 aromatic rings. The molecule has 0 unspecified atom stereocenters. The highest BCUT2D eigenvalue weighted by Gasteiger charge is 2.18. The molecule has 0 amide bonds. The second-order valence-electron chi connectivity index (χ2n) is 5.02. The molecule has 3 rings (SSSR count). The van der Waals surface area contributed by atoms with Gasteiger partial charge in [-0.15, -0.1) is 12.4 Å². The minimum atomic E-state index is -0.938. The standard InChI is InChI=1S/C14H16N4O2.ClH/c1-17-4-6-18(7-5-17)13-11-3-2-10(14(19)20)8-12(11)15-9-16-13;/h2-3,8-9H,4-7H2,1H3,(H,19,20);1H. The van der Waals surface area contributed by atoms with Gasteiger partial charge in [0.1, 0.15) is 12.1 Å². The highest BCUT2D eigenvalue weighted by atomic mass is 35.5. The summed E-state index contributed by atoms with van der Waals surface area (Å²) in [5.74, 6) is -0.0494. The fourth-order valence-electron chi connectivity index (χ4n) is 2.45. The van der Waals surface area contributed by atoms with Crippen molar-refractivity contribution >= 4 is 35.1 Å². The Hall–Kier alpha value is -1.92. The van der Waals surface area contributed by atoms with Crippen LogP contribution in [0.5, 0.6) is 0 Å². The molecule has 6 nitrogen and oxygen atoms in total. The summed E-state index contributed by atoms with van der Waals surface area (Å²) in [6.45, 7) is 3.84. The molecule has 2 heterocycles. The van der Waals surface area contributed by atoms with Gasteiger partial charge in [0.2, 0.25) is 0 Å². The Morgan fingerprint density at radius 3 is 2.57 bits per heavy atom. The molecule has 0 spiro atoms. The summed E-state index contributed by atoms with van der Waals surface area (Å²) in [4.78, 5) is 24.1. The second-order valence-corrected chi connectivity index (χ2v) is 5.02. The Morgan fingerprint density at radius 2 is 1.90 bits per heavy atom. The van der Waals surface area contributed by atoms with Crippen LogP contribution in [0.2, 0.25) is 0 Å². The van der Waals surface area contributed by atoms with Gasteiger partial charge < -0.3 is 14.9 Å². The number of benzene rings is 1. The van der Waals surface area contributed by atoms with Crippen molar-refractivity contribution in [1.82, 2.24) is 14.9 Å². The monoisotopic (exact) mass is 308 g/mol. The summed E-state index contributed by atoms with van der Waals surface area (Å²) in [6.07, 6.45) is 1.50. The van der Waals surface area contributed by atoms with Gasteiger partial charge in [0.25, 0.3) is 0 Å². The van der Waals surface area contributed by atoms with E-state index in [9.17, 15) is 4.79 Å². The van der Waals surface area contributed by atoms with Crippen molar-refractivity contribution in [2.75, 3.05) is 38.1 Å². The summed E-state index contributed by atoms with van der Waals surface area (Å²) in [5, 5.41) is 9.94. The quantitative estimate of drug-likeness (QED) is 0.907. The van der Waals surface area contributed by atoms with Crippen LogP contribution in [0.3, 0.4) is 0 Å². The summed E-state index contributed by atoms with van der Waals surface area (Å²) < 4.78 is 0. The van der Waals surface area contributed by atoms with E-state index in [2.05, 4.69) is 26.8 Å². The first-order valence-electron chi connectivity index (χ1n) is 6.57. The molecule has 0 radical (unpaired) electrons. The van der Waals surface area contributed by atoms with Crippen LogP contribution < -0.4 is 4.90 Å². The van der Waals surface area contributed by atoms with E-state index in [1.165, 1.54) is 6.33 Å². The SMILES string of the molecule is CN1CCN(c2ncnc3cc(C(=O)O)ccc23)CC1.Cl. The molecule has 1 aliphatic heterocycles. The lowest BCUT2D eigenvalue weighted by Crippen LogP contribution is -2.44. The Morgan fingerprint density at radius 1 is 1.19 bits per heavy atom. The maximum absolute atomic E-state index is 11.0. The molecule has 0 atom stereocenters. The summed E-state index contributed by atoms with van der Waals surface area (Å²) in [7, 11) is 2.11.